The van der Waals surface area contributed by atoms with Gasteiger partial charge in [-0.2, -0.15) is 0 Å². The van der Waals surface area contributed by atoms with E-state index in [-0.39, 0.29) is 6.15 Å². The fraction of sp³-hybridized carbons (Fsp3) is 0.750. The lowest BCUT2D eigenvalue weighted by molar-refractivity contribution is 0.143. The van der Waals surface area contributed by atoms with Crippen molar-refractivity contribution in [3.63, 3.8) is 0 Å². The summed E-state index contributed by atoms with van der Waals surface area (Å²) in [6.07, 6.45) is 4.80. The molecule has 0 aromatic rings. The second-order valence-electron chi connectivity index (χ2n) is 2.51. The molecule has 0 aliphatic heterocycles. The van der Waals surface area contributed by atoms with Gasteiger partial charge in [-0.1, -0.05) is 25.8 Å². The van der Waals surface area contributed by atoms with Crippen molar-refractivity contribution >= 4 is 7.32 Å². The van der Waals surface area contributed by atoms with Gasteiger partial charge in [0.25, 0.3) is 0 Å². The molecule has 0 heterocycles. The third-order valence-corrected chi connectivity index (χ3v) is 1.36. The zero-order chi connectivity index (χ0) is 9.23. The number of hydrogen-bond acceptors (Lipinski definition) is 4. The summed E-state index contributed by atoms with van der Waals surface area (Å²) in [6, 6.07) is 0. The van der Waals surface area contributed by atoms with Gasteiger partial charge in [0.15, 0.2) is 0 Å². The molecule has 0 bridgehead atoms. The average Bonchev–Trinajstić information content (AvgIpc) is 2.09. The van der Waals surface area contributed by atoms with E-state index >= 15 is 0 Å². The van der Waals surface area contributed by atoms with Crippen LogP contribution >= 0.6 is 0 Å². The van der Waals surface area contributed by atoms with Crippen LogP contribution in [0.15, 0.2) is 12.7 Å². The Balaban J connectivity index is 0. The molecular formula is C8H20BNO3. The monoisotopic (exact) mass is 189 g/mol. The molecule has 0 aliphatic rings. The van der Waals surface area contributed by atoms with Gasteiger partial charge in [0.2, 0.25) is 0 Å². The van der Waals surface area contributed by atoms with Crippen LogP contribution in [0.4, 0.5) is 0 Å². The van der Waals surface area contributed by atoms with Crippen LogP contribution in [0.1, 0.15) is 26.2 Å². The summed E-state index contributed by atoms with van der Waals surface area (Å²) in [6.45, 7) is 6.43. The Bertz CT molecular complexity index is 114. The summed E-state index contributed by atoms with van der Waals surface area (Å²) in [7, 11) is -1.10. The molecule has 0 saturated carbocycles. The molecule has 4 nitrogen and oxygen atoms in total. The predicted octanol–water partition coefficient (Wildman–Crippen LogP) is 1.53. The molecule has 0 rings (SSSR count). The predicted molar refractivity (Wildman–Crippen MR) is 54.6 cm³/mol. The quantitative estimate of drug-likeness (QED) is 0.345. The molecule has 0 aromatic heterocycles. The highest BCUT2D eigenvalue weighted by Crippen LogP contribution is 1.95. The third-order valence-electron chi connectivity index (χ3n) is 1.36. The van der Waals surface area contributed by atoms with Crippen LogP contribution in [0.2, 0.25) is 0 Å². The van der Waals surface area contributed by atoms with Gasteiger partial charge in [0.1, 0.15) is 0 Å². The standard InChI is InChI=1S/C8H17BO3.H3N/c1-3-5-6-8-12-9(10)11-7-4-2;/h4,10H,2-3,5-8H2,1H3;1H3. The van der Waals surface area contributed by atoms with E-state index in [0.717, 1.165) is 19.3 Å². The Kier molecular flexibility index (Phi) is 13.6. The van der Waals surface area contributed by atoms with E-state index in [0.29, 0.717) is 13.2 Å². The summed E-state index contributed by atoms with van der Waals surface area (Å²) >= 11 is 0. The van der Waals surface area contributed by atoms with Crippen LogP contribution < -0.4 is 6.15 Å². The first-order chi connectivity index (χ1) is 5.81. The second kappa shape index (κ2) is 11.6. The van der Waals surface area contributed by atoms with E-state index in [1.54, 1.807) is 6.08 Å². The van der Waals surface area contributed by atoms with Crippen LogP contribution in [0.5, 0.6) is 0 Å². The van der Waals surface area contributed by atoms with Gasteiger partial charge < -0.3 is 20.5 Å². The van der Waals surface area contributed by atoms with Crippen LogP contribution in [0.25, 0.3) is 0 Å². The maximum atomic E-state index is 8.99. The van der Waals surface area contributed by atoms with Crippen molar-refractivity contribution in [1.82, 2.24) is 6.15 Å². The SMILES string of the molecule is C=CCOB(O)OCCCCC.N. The van der Waals surface area contributed by atoms with E-state index in [9.17, 15) is 0 Å². The van der Waals surface area contributed by atoms with Crippen LogP contribution in [-0.4, -0.2) is 25.6 Å². The summed E-state index contributed by atoms with van der Waals surface area (Å²) in [5, 5.41) is 8.99. The van der Waals surface area contributed by atoms with Crippen molar-refractivity contribution in [3.05, 3.63) is 12.7 Å². The number of rotatable bonds is 8. The highest BCUT2D eigenvalue weighted by Gasteiger charge is 2.13. The molecule has 0 saturated heterocycles. The van der Waals surface area contributed by atoms with Crippen LogP contribution in [-0.2, 0) is 9.31 Å². The lowest BCUT2D eigenvalue weighted by atomic mass is 10.2. The maximum Gasteiger partial charge on any atom is 0.636 e. The molecule has 0 spiro atoms. The first-order valence-corrected chi connectivity index (χ1v) is 4.33. The fourth-order valence-electron chi connectivity index (χ4n) is 0.735. The largest absolute Gasteiger partial charge is 0.636 e. The number of unbranched alkanes of at least 4 members (excludes halogenated alkanes) is 2. The van der Waals surface area contributed by atoms with Crippen molar-refractivity contribution in [1.29, 1.82) is 0 Å². The highest BCUT2D eigenvalue weighted by molar-refractivity contribution is 6.34. The Morgan fingerprint density at radius 1 is 1.38 bits per heavy atom. The maximum absolute atomic E-state index is 8.99. The van der Waals surface area contributed by atoms with Crippen molar-refractivity contribution in [2.75, 3.05) is 13.2 Å². The topological polar surface area (TPSA) is 73.7 Å². The minimum Gasteiger partial charge on any atom is -0.402 e. The summed E-state index contributed by atoms with van der Waals surface area (Å²) < 4.78 is 9.72. The first-order valence-electron chi connectivity index (χ1n) is 4.33. The van der Waals surface area contributed by atoms with Gasteiger partial charge >= 0.3 is 7.32 Å². The molecule has 0 unspecified atom stereocenters. The third kappa shape index (κ3) is 11.6. The molecule has 78 valence electrons. The summed E-state index contributed by atoms with van der Waals surface area (Å²) in [4.78, 5) is 0. The normalized spacial score (nSPS) is 9.08. The average molecular weight is 189 g/mol. The van der Waals surface area contributed by atoms with Crippen LogP contribution in [0, 0.1) is 0 Å². The van der Waals surface area contributed by atoms with Gasteiger partial charge in [-0.05, 0) is 6.42 Å². The van der Waals surface area contributed by atoms with Gasteiger partial charge in [-0.3, -0.25) is 0 Å². The minimum atomic E-state index is -1.10. The van der Waals surface area contributed by atoms with Crippen molar-refractivity contribution in [2.24, 2.45) is 0 Å². The fourth-order valence-corrected chi connectivity index (χ4v) is 0.735. The Morgan fingerprint density at radius 2 is 2.08 bits per heavy atom. The van der Waals surface area contributed by atoms with E-state index in [2.05, 4.69) is 13.5 Å². The highest BCUT2D eigenvalue weighted by atomic mass is 16.7. The van der Waals surface area contributed by atoms with E-state index in [1.807, 2.05) is 0 Å². The van der Waals surface area contributed by atoms with Gasteiger partial charge in [-0.25, -0.2) is 0 Å². The Morgan fingerprint density at radius 3 is 2.62 bits per heavy atom. The van der Waals surface area contributed by atoms with Crippen LogP contribution in [0.3, 0.4) is 0 Å². The lowest BCUT2D eigenvalue weighted by Gasteiger charge is -2.05. The smallest absolute Gasteiger partial charge is 0.402 e. The van der Waals surface area contributed by atoms with Crippen molar-refractivity contribution < 1.29 is 14.3 Å². The zero-order valence-corrected chi connectivity index (χ0v) is 8.37. The van der Waals surface area contributed by atoms with Crippen molar-refractivity contribution in [3.8, 4) is 0 Å². The Hall–Kier alpha value is -0.355. The molecule has 5 heteroatoms. The molecule has 0 aromatic carbocycles. The molecule has 4 N–H and O–H groups in total. The molecule has 0 atom stereocenters. The molecule has 0 fully saturated rings. The van der Waals surface area contributed by atoms with Gasteiger partial charge in [-0.15, -0.1) is 6.58 Å². The molecule has 0 amide bonds. The second-order valence-corrected chi connectivity index (χ2v) is 2.51. The van der Waals surface area contributed by atoms with Gasteiger partial charge in [0, 0.05) is 6.61 Å². The van der Waals surface area contributed by atoms with Gasteiger partial charge in [0.05, 0.1) is 6.61 Å². The molecule has 13 heavy (non-hydrogen) atoms. The minimum absolute atomic E-state index is 0. The van der Waals surface area contributed by atoms with E-state index in [4.69, 9.17) is 14.3 Å². The van der Waals surface area contributed by atoms with Crippen molar-refractivity contribution in [2.45, 2.75) is 26.2 Å². The molecule has 0 radical (unpaired) electrons. The zero-order valence-electron chi connectivity index (χ0n) is 8.37. The lowest BCUT2D eigenvalue weighted by Crippen LogP contribution is -2.23. The summed E-state index contributed by atoms with van der Waals surface area (Å²) in [5.41, 5.74) is 0. The first kappa shape index (κ1) is 15.1. The molecular weight excluding hydrogens is 169 g/mol. The summed E-state index contributed by atoms with van der Waals surface area (Å²) in [5.74, 6) is 0. The number of hydrogen-bond donors (Lipinski definition) is 2. The Labute approximate surface area is 80.7 Å². The molecule has 0 aliphatic carbocycles. The van der Waals surface area contributed by atoms with E-state index < -0.39 is 7.32 Å². The van der Waals surface area contributed by atoms with E-state index in [1.165, 1.54) is 0 Å².